The van der Waals surface area contributed by atoms with Crippen LogP contribution in [-0.2, 0) is 20.7 Å². The van der Waals surface area contributed by atoms with Crippen LogP contribution in [-0.4, -0.2) is 57.4 Å². The summed E-state index contributed by atoms with van der Waals surface area (Å²) in [5.74, 6) is 1.06. The molecule has 138 valence electrons. The number of piperidine rings is 1. The molecule has 25 heavy (non-hydrogen) atoms. The van der Waals surface area contributed by atoms with Gasteiger partial charge in [0.1, 0.15) is 5.75 Å². The van der Waals surface area contributed by atoms with Gasteiger partial charge in [-0.05, 0) is 43.4 Å². The quantitative estimate of drug-likeness (QED) is 0.794. The van der Waals surface area contributed by atoms with Crippen LogP contribution in [0.2, 0.25) is 0 Å². The Bertz CT molecular complexity index is 587. The van der Waals surface area contributed by atoms with Crippen molar-refractivity contribution in [3.05, 3.63) is 29.8 Å². The van der Waals surface area contributed by atoms with Gasteiger partial charge in [-0.15, -0.1) is 0 Å². The van der Waals surface area contributed by atoms with E-state index >= 15 is 0 Å². The molecule has 0 aromatic heterocycles. The number of fused-ring (bicyclic) bond motifs is 1. The molecule has 0 bridgehead atoms. The Labute approximate surface area is 150 Å². The molecular weight excluding hydrogens is 318 g/mol. The van der Waals surface area contributed by atoms with E-state index < -0.39 is 0 Å². The van der Waals surface area contributed by atoms with Crippen molar-refractivity contribution in [3.8, 4) is 5.75 Å². The molecule has 2 fully saturated rings. The van der Waals surface area contributed by atoms with Crippen LogP contribution in [0.3, 0.4) is 0 Å². The fourth-order valence-electron chi connectivity index (χ4n) is 4.24. The van der Waals surface area contributed by atoms with Gasteiger partial charge in [-0.2, -0.15) is 0 Å². The molecule has 5 nitrogen and oxygen atoms in total. The fourth-order valence-corrected chi connectivity index (χ4v) is 4.24. The number of methoxy groups -OCH3 is 2. The summed E-state index contributed by atoms with van der Waals surface area (Å²) in [5.41, 5.74) is 1.10. The number of nitrogens with zero attached hydrogens (tertiary/aromatic N) is 1. The molecule has 1 aromatic rings. The lowest BCUT2D eigenvalue weighted by atomic mass is 9.73. The van der Waals surface area contributed by atoms with E-state index in [1.54, 1.807) is 14.2 Å². The smallest absolute Gasteiger partial charge is 0.222 e. The van der Waals surface area contributed by atoms with E-state index in [1.165, 1.54) is 0 Å². The Balaban J connectivity index is 1.60. The van der Waals surface area contributed by atoms with Crippen molar-refractivity contribution in [1.29, 1.82) is 0 Å². The second-order valence-electron chi connectivity index (χ2n) is 7.21. The first-order valence-electron chi connectivity index (χ1n) is 9.18. The van der Waals surface area contributed by atoms with Crippen LogP contribution >= 0.6 is 0 Å². The van der Waals surface area contributed by atoms with E-state index in [9.17, 15) is 4.79 Å². The zero-order valence-corrected chi connectivity index (χ0v) is 15.3. The third kappa shape index (κ3) is 4.15. The highest BCUT2D eigenvalue weighted by molar-refractivity contribution is 5.76. The van der Waals surface area contributed by atoms with Gasteiger partial charge in [0, 0.05) is 38.6 Å². The SMILES string of the molecule is COCC12CCCOC1CCN(C(=O)CCc1cccc(OC)c1)C2. The fraction of sp³-hybridized carbons (Fsp3) is 0.650. The zero-order valence-electron chi connectivity index (χ0n) is 15.3. The van der Waals surface area contributed by atoms with E-state index in [0.29, 0.717) is 13.0 Å². The van der Waals surface area contributed by atoms with Gasteiger partial charge in [-0.1, -0.05) is 12.1 Å². The molecule has 0 radical (unpaired) electrons. The minimum absolute atomic E-state index is 0.0309. The highest BCUT2D eigenvalue weighted by Crippen LogP contribution is 2.40. The van der Waals surface area contributed by atoms with Crippen molar-refractivity contribution >= 4 is 5.91 Å². The van der Waals surface area contributed by atoms with Crippen molar-refractivity contribution in [3.63, 3.8) is 0 Å². The van der Waals surface area contributed by atoms with Crippen LogP contribution in [0.25, 0.3) is 0 Å². The molecule has 5 heteroatoms. The van der Waals surface area contributed by atoms with Crippen molar-refractivity contribution in [2.24, 2.45) is 5.41 Å². The Kier molecular flexibility index (Phi) is 5.97. The molecule has 1 aromatic carbocycles. The lowest BCUT2D eigenvalue weighted by Crippen LogP contribution is -2.58. The molecule has 0 saturated carbocycles. The summed E-state index contributed by atoms with van der Waals surface area (Å²) < 4.78 is 16.7. The Morgan fingerprint density at radius 2 is 2.28 bits per heavy atom. The summed E-state index contributed by atoms with van der Waals surface area (Å²) in [6.45, 7) is 3.03. The van der Waals surface area contributed by atoms with Gasteiger partial charge in [-0.25, -0.2) is 0 Å². The molecule has 0 spiro atoms. The second kappa shape index (κ2) is 8.19. The van der Waals surface area contributed by atoms with Gasteiger partial charge in [-0.3, -0.25) is 4.79 Å². The molecule has 0 aliphatic carbocycles. The predicted octanol–water partition coefficient (Wildman–Crippen LogP) is 2.67. The summed E-state index contributed by atoms with van der Waals surface area (Å²) in [6.07, 6.45) is 4.53. The molecule has 3 rings (SSSR count). The molecule has 2 atom stereocenters. The minimum Gasteiger partial charge on any atom is -0.497 e. The average molecular weight is 347 g/mol. The summed E-state index contributed by atoms with van der Waals surface area (Å²) in [7, 11) is 3.40. The van der Waals surface area contributed by atoms with Gasteiger partial charge >= 0.3 is 0 Å². The molecule has 2 aliphatic heterocycles. The van der Waals surface area contributed by atoms with Gasteiger partial charge in [0.25, 0.3) is 0 Å². The maximum Gasteiger partial charge on any atom is 0.222 e. The monoisotopic (exact) mass is 347 g/mol. The van der Waals surface area contributed by atoms with Crippen molar-refractivity contribution in [2.75, 3.05) is 40.5 Å². The highest BCUT2D eigenvalue weighted by Gasteiger charge is 2.46. The van der Waals surface area contributed by atoms with Crippen molar-refractivity contribution in [2.45, 2.75) is 38.2 Å². The van der Waals surface area contributed by atoms with E-state index in [4.69, 9.17) is 14.2 Å². The van der Waals surface area contributed by atoms with E-state index in [-0.39, 0.29) is 17.4 Å². The van der Waals surface area contributed by atoms with Gasteiger partial charge in [0.05, 0.1) is 19.8 Å². The first kappa shape index (κ1) is 18.2. The molecule has 2 aliphatic rings. The van der Waals surface area contributed by atoms with Crippen molar-refractivity contribution < 1.29 is 19.0 Å². The molecule has 1 amide bonds. The van der Waals surface area contributed by atoms with E-state index in [0.717, 1.165) is 56.7 Å². The zero-order chi connectivity index (χ0) is 17.7. The van der Waals surface area contributed by atoms with Crippen LogP contribution in [0.5, 0.6) is 5.75 Å². The lowest BCUT2D eigenvalue weighted by Gasteiger charge is -2.50. The topological polar surface area (TPSA) is 48.0 Å². The van der Waals surface area contributed by atoms with Gasteiger partial charge in [0.15, 0.2) is 0 Å². The number of carbonyl (C=O) groups excluding carboxylic acids is 1. The van der Waals surface area contributed by atoms with Crippen LogP contribution in [0, 0.1) is 5.41 Å². The summed E-state index contributed by atoms with van der Waals surface area (Å²) in [6, 6.07) is 7.94. The second-order valence-corrected chi connectivity index (χ2v) is 7.21. The molecule has 2 saturated heterocycles. The first-order chi connectivity index (χ1) is 12.2. The van der Waals surface area contributed by atoms with Crippen LogP contribution < -0.4 is 4.74 Å². The predicted molar refractivity (Wildman–Crippen MR) is 95.8 cm³/mol. The third-order valence-electron chi connectivity index (χ3n) is 5.53. The molecular formula is C20H29NO4. The highest BCUT2D eigenvalue weighted by atomic mass is 16.5. The number of aryl methyl sites for hydroxylation is 1. The average Bonchev–Trinajstić information content (AvgIpc) is 2.65. The first-order valence-corrected chi connectivity index (χ1v) is 9.18. The summed E-state index contributed by atoms with van der Waals surface area (Å²) >= 11 is 0. The van der Waals surface area contributed by atoms with E-state index in [1.807, 2.05) is 29.2 Å². The number of ether oxygens (including phenoxy) is 3. The minimum atomic E-state index is -0.0309. The Morgan fingerprint density at radius 3 is 3.08 bits per heavy atom. The molecule has 2 unspecified atom stereocenters. The third-order valence-corrected chi connectivity index (χ3v) is 5.53. The number of rotatable bonds is 6. The van der Waals surface area contributed by atoms with Gasteiger partial charge < -0.3 is 19.1 Å². The summed E-state index contributed by atoms with van der Waals surface area (Å²) in [5, 5.41) is 0. The van der Waals surface area contributed by atoms with Crippen LogP contribution in [0.1, 0.15) is 31.2 Å². The standard InChI is InChI=1S/C20H29NO4/c1-23-15-20-10-4-12-25-18(20)9-11-21(14-20)19(22)8-7-16-5-3-6-17(13-16)24-2/h3,5-6,13,18H,4,7-12,14-15H2,1-2H3. The normalized spacial score (nSPS) is 26.2. The lowest BCUT2D eigenvalue weighted by molar-refractivity contribution is -0.162. The number of amides is 1. The molecule has 2 heterocycles. The Hall–Kier alpha value is -1.59. The largest absolute Gasteiger partial charge is 0.497 e. The maximum absolute atomic E-state index is 12.8. The number of likely N-dealkylation sites (tertiary alicyclic amines) is 1. The number of carbonyl (C=O) groups is 1. The van der Waals surface area contributed by atoms with Crippen molar-refractivity contribution in [1.82, 2.24) is 4.90 Å². The van der Waals surface area contributed by atoms with Gasteiger partial charge in [0.2, 0.25) is 5.91 Å². The number of hydrogen-bond acceptors (Lipinski definition) is 4. The molecule has 0 N–H and O–H groups in total. The van der Waals surface area contributed by atoms with Crippen LogP contribution in [0.15, 0.2) is 24.3 Å². The van der Waals surface area contributed by atoms with E-state index in [2.05, 4.69) is 0 Å². The number of benzene rings is 1. The number of hydrogen-bond donors (Lipinski definition) is 0. The van der Waals surface area contributed by atoms with Crippen LogP contribution in [0.4, 0.5) is 0 Å². The Morgan fingerprint density at radius 1 is 1.40 bits per heavy atom. The maximum atomic E-state index is 12.8. The summed E-state index contributed by atoms with van der Waals surface area (Å²) in [4.78, 5) is 14.8.